The van der Waals surface area contributed by atoms with Crippen LogP contribution in [0.25, 0.3) is 0 Å². The summed E-state index contributed by atoms with van der Waals surface area (Å²) >= 11 is 0. The molecule has 1 nitrogen and oxygen atoms in total. The molecule has 1 aliphatic heterocycles. The Labute approximate surface area is 88.1 Å². The van der Waals surface area contributed by atoms with Gasteiger partial charge in [0.1, 0.15) is 0 Å². The summed E-state index contributed by atoms with van der Waals surface area (Å²) in [5.41, 5.74) is 2.78. The van der Waals surface area contributed by atoms with Gasteiger partial charge in [0.15, 0.2) is 0 Å². The lowest BCUT2D eigenvalue weighted by Crippen LogP contribution is -2.24. The highest BCUT2D eigenvalue weighted by Gasteiger charge is 2.34. The van der Waals surface area contributed by atoms with Crippen LogP contribution in [0.3, 0.4) is 0 Å². The molecule has 0 aromatic heterocycles. The average molecular weight is 205 g/mol. The molecule has 0 aromatic carbocycles. The SMILES string of the molecule is C=CC1=C(CC)C2C=CC=CC2N1P. The lowest BCUT2D eigenvalue weighted by molar-refractivity contribution is 0.480. The van der Waals surface area contributed by atoms with E-state index in [0.29, 0.717) is 12.0 Å². The van der Waals surface area contributed by atoms with Crippen LogP contribution in [0.5, 0.6) is 0 Å². The molecule has 2 aliphatic rings. The molecule has 3 unspecified atom stereocenters. The van der Waals surface area contributed by atoms with Crippen LogP contribution in [0, 0.1) is 5.92 Å². The van der Waals surface area contributed by atoms with E-state index in [4.69, 9.17) is 0 Å². The second-order valence-electron chi connectivity index (χ2n) is 3.66. The highest BCUT2D eigenvalue weighted by molar-refractivity contribution is 7.13. The summed E-state index contributed by atoms with van der Waals surface area (Å²) in [6.45, 7) is 6.10. The van der Waals surface area contributed by atoms with Gasteiger partial charge in [-0.15, -0.1) is 0 Å². The van der Waals surface area contributed by atoms with Crippen LogP contribution < -0.4 is 0 Å². The Balaban J connectivity index is 2.42. The second kappa shape index (κ2) is 3.74. The summed E-state index contributed by atoms with van der Waals surface area (Å²) in [6, 6.07) is 0.480. The van der Waals surface area contributed by atoms with Gasteiger partial charge in [0.25, 0.3) is 0 Å². The quantitative estimate of drug-likeness (QED) is 0.626. The molecule has 74 valence electrons. The van der Waals surface area contributed by atoms with E-state index >= 15 is 0 Å². The molecule has 0 aromatic rings. The molecule has 0 amide bonds. The Kier molecular flexibility index (Phi) is 2.60. The average Bonchev–Trinajstić information content (AvgIpc) is 2.51. The number of fused-ring (bicyclic) bond motifs is 1. The van der Waals surface area contributed by atoms with Crippen LogP contribution >= 0.6 is 9.39 Å². The van der Waals surface area contributed by atoms with Crippen LogP contribution in [0.15, 0.2) is 48.2 Å². The third-order valence-electron chi connectivity index (χ3n) is 3.01. The lowest BCUT2D eigenvalue weighted by atomic mass is 9.89. The van der Waals surface area contributed by atoms with Crippen LogP contribution in [0.4, 0.5) is 0 Å². The van der Waals surface area contributed by atoms with Gasteiger partial charge >= 0.3 is 0 Å². The molecule has 3 atom stereocenters. The number of hydrogen-bond acceptors (Lipinski definition) is 1. The monoisotopic (exact) mass is 205 g/mol. The fourth-order valence-corrected chi connectivity index (χ4v) is 2.89. The summed E-state index contributed by atoms with van der Waals surface area (Å²) < 4.78 is 2.25. The topological polar surface area (TPSA) is 3.24 Å². The minimum atomic E-state index is 0.480. The van der Waals surface area contributed by atoms with Crippen LogP contribution in [-0.2, 0) is 0 Å². The Bertz CT molecular complexity index is 338. The van der Waals surface area contributed by atoms with Gasteiger partial charge < -0.3 is 4.67 Å². The first-order valence-electron chi connectivity index (χ1n) is 5.04. The van der Waals surface area contributed by atoms with E-state index in [-0.39, 0.29) is 0 Å². The van der Waals surface area contributed by atoms with Crippen molar-refractivity contribution < 1.29 is 0 Å². The van der Waals surface area contributed by atoms with Crippen molar-refractivity contribution in [1.82, 2.24) is 4.67 Å². The van der Waals surface area contributed by atoms with Gasteiger partial charge in [0, 0.05) is 11.6 Å². The largest absolute Gasteiger partial charge is 0.348 e. The standard InChI is InChI=1S/C12H16NP/c1-3-9-10-7-5-6-8-12(10)13(14)11(9)4-2/h4-8,10,12H,2-3,14H2,1H3. The molecule has 0 saturated heterocycles. The zero-order valence-corrected chi connectivity index (χ0v) is 9.63. The maximum atomic E-state index is 3.89. The van der Waals surface area contributed by atoms with E-state index in [2.05, 4.69) is 51.9 Å². The molecule has 2 rings (SSSR count). The summed E-state index contributed by atoms with van der Waals surface area (Å²) in [5, 5.41) is 0. The summed E-state index contributed by atoms with van der Waals surface area (Å²) in [4.78, 5) is 0. The number of rotatable bonds is 2. The number of allylic oxidation sites excluding steroid dienone is 3. The van der Waals surface area contributed by atoms with Crippen molar-refractivity contribution in [3.05, 3.63) is 48.2 Å². The molecule has 0 saturated carbocycles. The van der Waals surface area contributed by atoms with Crippen molar-refractivity contribution in [1.29, 1.82) is 0 Å². The molecule has 1 aliphatic carbocycles. The highest BCUT2D eigenvalue weighted by atomic mass is 31.0. The molecule has 0 radical (unpaired) electrons. The summed E-state index contributed by atoms with van der Waals surface area (Å²) in [7, 11) is 2.80. The molecule has 1 heterocycles. The van der Waals surface area contributed by atoms with Gasteiger partial charge in [-0.3, -0.25) is 0 Å². The van der Waals surface area contributed by atoms with Crippen molar-refractivity contribution in [3.63, 3.8) is 0 Å². The van der Waals surface area contributed by atoms with Gasteiger partial charge in [0.2, 0.25) is 0 Å². The van der Waals surface area contributed by atoms with Crippen molar-refractivity contribution >= 4 is 9.39 Å². The first-order chi connectivity index (χ1) is 6.79. The van der Waals surface area contributed by atoms with E-state index in [0.717, 1.165) is 6.42 Å². The Morgan fingerprint density at radius 1 is 1.50 bits per heavy atom. The molecule has 0 bridgehead atoms. The fourth-order valence-electron chi connectivity index (χ4n) is 2.33. The zero-order chi connectivity index (χ0) is 10.1. The van der Waals surface area contributed by atoms with E-state index in [9.17, 15) is 0 Å². The summed E-state index contributed by atoms with van der Waals surface area (Å²) in [5.74, 6) is 0.551. The van der Waals surface area contributed by atoms with Crippen LogP contribution in [0.2, 0.25) is 0 Å². The Hall–Kier alpha value is -0.810. The molecule has 0 fully saturated rings. The predicted molar refractivity (Wildman–Crippen MR) is 64.6 cm³/mol. The van der Waals surface area contributed by atoms with Gasteiger partial charge in [-0.1, -0.05) is 37.8 Å². The first-order valence-corrected chi connectivity index (χ1v) is 5.55. The minimum absolute atomic E-state index is 0.480. The molecule has 0 N–H and O–H groups in total. The minimum Gasteiger partial charge on any atom is -0.348 e. The summed E-state index contributed by atoms with van der Waals surface area (Å²) in [6.07, 6.45) is 11.9. The number of nitrogens with zero attached hydrogens (tertiary/aromatic N) is 1. The van der Waals surface area contributed by atoms with Gasteiger partial charge in [-0.05, 0) is 27.5 Å². The molecule has 2 heteroatoms. The van der Waals surface area contributed by atoms with Gasteiger partial charge in [0.05, 0.1) is 6.04 Å². The molecule has 14 heavy (non-hydrogen) atoms. The maximum Gasteiger partial charge on any atom is 0.0607 e. The van der Waals surface area contributed by atoms with E-state index in [1.807, 2.05) is 6.08 Å². The fraction of sp³-hybridized carbons (Fsp3) is 0.333. The van der Waals surface area contributed by atoms with E-state index < -0.39 is 0 Å². The molecular weight excluding hydrogens is 189 g/mol. The van der Waals surface area contributed by atoms with Crippen molar-refractivity contribution in [2.45, 2.75) is 19.4 Å². The van der Waals surface area contributed by atoms with Gasteiger partial charge in [-0.25, -0.2) is 0 Å². The van der Waals surface area contributed by atoms with E-state index in [1.165, 1.54) is 11.3 Å². The van der Waals surface area contributed by atoms with Gasteiger partial charge in [-0.2, -0.15) is 0 Å². The predicted octanol–water partition coefficient (Wildman–Crippen LogP) is 3.05. The maximum absolute atomic E-state index is 3.89. The molecular formula is C12H16NP. The lowest BCUT2D eigenvalue weighted by Gasteiger charge is -2.25. The Morgan fingerprint density at radius 3 is 2.86 bits per heavy atom. The van der Waals surface area contributed by atoms with Crippen molar-refractivity contribution in [2.24, 2.45) is 5.92 Å². The van der Waals surface area contributed by atoms with Crippen LogP contribution in [-0.4, -0.2) is 10.7 Å². The third kappa shape index (κ3) is 1.27. The second-order valence-corrected chi connectivity index (χ2v) is 4.22. The highest BCUT2D eigenvalue weighted by Crippen LogP contribution is 2.41. The first kappa shape index (κ1) is 9.73. The smallest absolute Gasteiger partial charge is 0.0607 e. The van der Waals surface area contributed by atoms with E-state index in [1.54, 1.807) is 0 Å². The molecule has 0 spiro atoms. The van der Waals surface area contributed by atoms with Crippen molar-refractivity contribution in [3.8, 4) is 0 Å². The normalized spacial score (nSPS) is 29.7. The number of hydrogen-bond donors (Lipinski definition) is 0. The zero-order valence-electron chi connectivity index (χ0n) is 8.48. The third-order valence-corrected chi connectivity index (χ3v) is 3.63. The van der Waals surface area contributed by atoms with Crippen LogP contribution in [0.1, 0.15) is 13.3 Å². The van der Waals surface area contributed by atoms with Crippen molar-refractivity contribution in [2.75, 3.05) is 0 Å². The Morgan fingerprint density at radius 2 is 2.21 bits per heavy atom.